The summed E-state index contributed by atoms with van der Waals surface area (Å²) in [5, 5.41) is 0. The van der Waals surface area contributed by atoms with Gasteiger partial charge >= 0.3 is 0 Å². The standard InChI is InChI=1S/C10H11/c1-8-2-4-9(5-3-8)10-6-7-10/h2-5,10H,1,6-7H2. The van der Waals surface area contributed by atoms with Crippen LogP contribution >= 0.6 is 0 Å². The van der Waals surface area contributed by atoms with Gasteiger partial charge < -0.3 is 0 Å². The number of hydrogen-bond acceptors (Lipinski definition) is 0. The quantitative estimate of drug-likeness (QED) is 0.549. The van der Waals surface area contributed by atoms with Gasteiger partial charge in [0.15, 0.2) is 0 Å². The normalized spacial score (nSPS) is 17.3. The lowest BCUT2D eigenvalue weighted by molar-refractivity contribution is 1.13. The molecule has 1 aromatic rings. The molecule has 0 unspecified atom stereocenters. The molecule has 0 heteroatoms. The zero-order valence-electron chi connectivity index (χ0n) is 6.01. The molecule has 0 atom stereocenters. The van der Waals surface area contributed by atoms with Gasteiger partial charge in [-0.15, -0.1) is 0 Å². The molecule has 2 rings (SSSR count). The molecule has 10 heavy (non-hydrogen) atoms. The highest BCUT2D eigenvalue weighted by molar-refractivity contribution is 5.28. The van der Waals surface area contributed by atoms with Crippen LogP contribution in [-0.4, -0.2) is 0 Å². The molecule has 0 N–H and O–H groups in total. The summed E-state index contributed by atoms with van der Waals surface area (Å²) >= 11 is 0. The van der Waals surface area contributed by atoms with Crippen LogP contribution < -0.4 is 0 Å². The third kappa shape index (κ3) is 1.06. The first-order valence-corrected chi connectivity index (χ1v) is 3.78. The average Bonchev–Trinajstić information content (AvgIpc) is 2.71. The van der Waals surface area contributed by atoms with Crippen molar-refractivity contribution in [3.63, 3.8) is 0 Å². The zero-order valence-corrected chi connectivity index (χ0v) is 6.01. The highest BCUT2D eigenvalue weighted by atomic mass is 14.3. The number of benzene rings is 1. The summed E-state index contributed by atoms with van der Waals surface area (Å²) < 4.78 is 0. The van der Waals surface area contributed by atoms with Gasteiger partial charge in [0.25, 0.3) is 0 Å². The lowest BCUT2D eigenvalue weighted by Crippen LogP contribution is -1.77. The van der Waals surface area contributed by atoms with E-state index in [0.717, 1.165) is 11.5 Å². The molecule has 0 bridgehead atoms. The average molecular weight is 131 g/mol. The van der Waals surface area contributed by atoms with Crippen molar-refractivity contribution in [2.24, 2.45) is 0 Å². The predicted octanol–water partition coefficient (Wildman–Crippen LogP) is 2.75. The molecular weight excluding hydrogens is 120 g/mol. The Bertz CT molecular complexity index is 216. The van der Waals surface area contributed by atoms with E-state index in [0.29, 0.717) is 0 Å². The van der Waals surface area contributed by atoms with Crippen molar-refractivity contribution in [2.75, 3.05) is 0 Å². The van der Waals surface area contributed by atoms with Gasteiger partial charge in [-0.1, -0.05) is 24.3 Å². The van der Waals surface area contributed by atoms with Crippen LogP contribution in [0.3, 0.4) is 0 Å². The van der Waals surface area contributed by atoms with E-state index in [1.165, 1.54) is 18.4 Å². The molecule has 1 radical (unpaired) electrons. The molecule has 0 saturated heterocycles. The highest BCUT2D eigenvalue weighted by Gasteiger charge is 2.22. The second kappa shape index (κ2) is 2.12. The van der Waals surface area contributed by atoms with Crippen LogP contribution in [0, 0.1) is 6.92 Å². The van der Waals surface area contributed by atoms with Crippen LogP contribution in [0.4, 0.5) is 0 Å². The molecule has 1 aliphatic carbocycles. The van der Waals surface area contributed by atoms with Crippen molar-refractivity contribution in [3.05, 3.63) is 42.3 Å². The number of hydrogen-bond donors (Lipinski definition) is 0. The van der Waals surface area contributed by atoms with Crippen molar-refractivity contribution in [2.45, 2.75) is 18.8 Å². The lowest BCUT2D eigenvalue weighted by atomic mass is 10.1. The lowest BCUT2D eigenvalue weighted by Gasteiger charge is -1.96. The summed E-state index contributed by atoms with van der Waals surface area (Å²) in [7, 11) is 0. The largest absolute Gasteiger partial charge is 0.0587 e. The molecular formula is C10H11. The second-order valence-corrected chi connectivity index (χ2v) is 3.02. The Labute approximate surface area is 61.9 Å². The van der Waals surface area contributed by atoms with Gasteiger partial charge in [-0.2, -0.15) is 0 Å². The minimum Gasteiger partial charge on any atom is -0.0587 e. The van der Waals surface area contributed by atoms with E-state index in [-0.39, 0.29) is 0 Å². The first-order valence-electron chi connectivity index (χ1n) is 3.78. The van der Waals surface area contributed by atoms with Crippen molar-refractivity contribution in [1.82, 2.24) is 0 Å². The van der Waals surface area contributed by atoms with Crippen LogP contribution in [0.1, 0.15) is 29.9 Å². The highest BCUT2D eigenvalue weighted by Crippen LogP contribution is 2.39. The maximum atomic E-state index is 3.84. The third-order valence-corrected chi connectivity index (χ3v) is 2.03. The van der Waals surface area contributed by atoms with Crippen LogP contribution in [0.15, 0.2) is 24.3 Å². The SMILES string of the molecule is [CH2]c1ccc(C2CC2)cc1. The van der Waals surface area contributed by atoms with Crippen LogP contribution in [-0.2, 0) is 0 Å². The van der Waals surface area contributed by atoms with Crippen LogP contribution in [0.5, 0.6) is 0 Å². The minimum atomic E-state index is 0.876. The van der Waals surface area contributed by atoms with Gasteiger partial charge in [0, 0.05) is 0 Å². The van der Waals surface area contributed by atoms with Crippen molar-refractivity contribution in [1.29, 1.82) is 0 Å². The van der Waals surface area contributed by atoms with Crippen LogP contribution in [0.25, 0.3) is 0 Å². The fraction of sp³-hybridized carbons (Fsp3) is 0.300. The Kier molecular flexibility index (Phi) is 1.26. The van der Waals surface area contributed by atoms with E-state index in [4.69, 9.17) is 0 Å². The molecule has 1 aliphatic rings. The first-order chi connectivity index (χ1) is 4.86. The summed E-state index contributed by atoms with van der Waals surface area (Å²) in [4.78, 5) is 0. The summed E-state index contributed by atoms with van der Waals surface area (Å²) in [5.74, 6) is 0.876. The summed E-state index contributed by atoms with van der Waals surface area (Å²) in [6, 6.07) is 8.57. The number of rotatable bonds is 1. The molecule has 1 fully saturated rings. The predicted molar refractivity (Wildman–Crippen MR) is 42.9 cm³/mol. The van der Waals surface area contributed by atoms with Gasteiger partial charge in [0.1, 0.15) is 0 Å². The Morgan fingerprint density at radius 1 is 1.10 bits per heavy atom. The maximum Gasteiger partial charge on any atom is -0.0162 e. The van der Waals surface area contributed by atoms with E-state index >= 15 is 0 Å². The zero-order chi connectivity index (χ0) is 6.97. The second-order valence-electron chi connectivity index (χ2n) is 3.02. The molecule has 0 aromatic heterocycles. The fourth-order valence-electron chi connectivity index (χ4n) is 1.21. The Morgan fingerprint density at radius 2 is 1.70 bits per heavy atom. The van der Waals surface area contributed by atoms with Crippen LogP contribution in [0.2, 0.25) is 0 Å². The molecule has 1 saturated carbocycles. The Morgan fingerprint density at radius 3 is 2.20 bits per heavy atom. The van der Waals surface area contributed by atoms with Gasteiger partial charge in [-0.05, 0) is 36.8 Å². The molecule has 0 spiro atoms. The monoisotopic (exact) mass is 131 g/mol. The Hall–Kier alpha value is -0.780. The van der Waals surface area contributed by atoms with Gasteiger partial charge in [-0.3, -0.25) is 0 Å². The van der Waals surface area contributed by atoms with E-state index in [2.05, 4.69) is 31.2 Å². The van der Waals surface area contributed by atoms with Gasteiger partial charge in [-0.25, -0.2) is 0 Å². The maximum absolute atomic E-state index is 3.84. The molecule has 51 valence electrons. The molecule has 0 aliphatic heterocycles. The van der Waals surface area contributed by atoms with Gasteiger partial charge in [0.2, 0.25) is 0 Å². The summed E-state index contributed by atoms with van der Waals surface area (Å²) in [5.41, 5.74) is 2.61. The van der Waals surface area contributed by atoms with Crippen molar-refractivity contribution >= 4 is 0 Å². The van der Waals surface area contributed by atoms with E-state index < -0.39 is 0 Å². The topological polar surface area (TPSA) is 0 Å². The Balaban J connectivity index is 2.28. The molecule has 0 amide bonds. The first kappa shape index (κ1) is 5.96. The van der Waals surface area contributed by atoms with Crippen molar-refractivity contribution in [3.8, 4) is 0 Å². The summed E-state index contributed by atoms with van der Waals surface area (Å²) in [6.07, 6.45) is 2.77. The smallest absolute Gasteiger partial charge is 0.0162 e. The van der Waals surface area contributed by atoms with E-state index in [1.54, 1.807) is 0 Å². The molecule has 0 nitrogen and oxygen atoms in total. The van der Waals surface area contributed by atoms with Crippen molar-refractivity contribution < 1.29 is 0 Å². The minimum absolute atomic E-state index is 0.876. The fourth-order valence-corrected chi connectivity index (χ4v) is 1.21. The molecule has 0 heterocycles. The van der Waals surface area contributed by atoms with Gasteiger partial charge in [0.05, 0.1) is 0 Å². The molecule has 1 aromatic carbocycles. The van der Waals surface area contributed by atoms with E-state index in [1.807, 2.05) is 0 Å². The third-order valence-electron chi connectivity index (χ3n) is 2.03. The summed E-state index contributed by atoms with van der Waals surface area (Å²) in [6.45, 7) is 3.84. The van der Waals surface area contributed by atoms with E-state index in [9.17, 15) is 0 Å².